The first kappa shape index (κ1) is 15.8. The summed E-state index contributed by atoms with van der Waals surface area (Å²) < 4.78 is 39.6. The zero-order chi connectivity index (χ0) is 15.8. The number of pyridine rings is 1. The minimum absolute atomic E-state index is 0.298. The number of piperidine rings is 1. The molecule has 2 aliphatic rings. The maximum atomic E-state index is 14.6. The third-order valence-corrected chi connectivity index (χ3v) is 6.13. The summed E-state index contributed by atoms with van der Waals surface area (Å²) in [5.74, 6) is 0. The summed E-state index contributed by atoms with van der Waals surface area (Å²) in [6.45, 7) is 2.78. The lowest BCUT2D eigenvalue weighted by atomic mass is 9.78. The molecule has 0 aliphatic carbocycles. The number of halogens is 1. The number of nitrogens with zero attached hydrogens (tertiary/aromatic N) is 3. The van der Waals surface area contributed by atoms with Crippen molar-refractivity contribution in [3.63, 3.8) is 0 Å². The van der Waals surface area contributed by atoms with Gasteiger partial charge in [-0.3, -0.25) is 9.88 Å². The van der Waals surface area contributed by atoms with Crippen molar-refractivity contribution in [2.45, 2.75) is 25.6 Å². The highest BCUT2D eigenvalue weighted by atomic mass is 32.2. The molecule has 5 nitrogen and oxygen atoms in total. The largest absolute Gasteiger partial charge is 0.298 e. The van der Waals surface area contributed by atoms with E-state index >= 15 is 0 Å². The van der Waals surface area contributed by atoms with Gasteiger partial charge in [0.05, 0.1) is 6.26 Å². The molecule has 2 aliphatic heterocycles. The summed E-state index contributed by atoms with van der Waals surface area (Å²) in [6.07, 6.45) is 4.81. The highest BCUT2D eigenvalue weighted by molar-refractivity contribution is 7.88. The van der Waals surface area contributed by atoms with Gasteiger partial charge in [0.2, 0.25) is 10.0 Å². The molecule has 0 N–H and O–H groups in total. The van der Waals surface area contributed by atoms with Crippen LogP contribution in [-0.2, 0) is 16.6 Å². The fourth-order valence-electron chi connectivity index (χ4n) is 3.63. The van der Waals surface area contributed by atoms with Crippen molar-refractivity contribution >= 4 is 10.0 Å². The molecular weight excluding hydrogens is 305 g/mol. The molecule has 22 heavy (non-hydrogen) atoms. The summed E-state index contributed by atoms with van der Waals surface area (Å²) in [7, 11) is -3.25. The summed E-state index contributed by atoms with van der Waals surface area (Å²) in [4.78, 5) is 6.22. The normalized spacial score (nSPS) is 30.9. The van der Waals surface area contributed by atoms with E-state index in [1.165, 1.54) is 10.6 Å². The number of likely N-dealkylation sites (tertiary alicyclic amines) is 1. The fraction of sp³-hybridized carbons (Fsp3) is 0.667. The van der Waals surface area contributed by atoms with Gasteiger partial charge in [0.15, 0.2) is 0 Å². The first-order valence-electron chi connectivity index (χ1n) is 7.60. The highest BCUT2D eigenvalue weighted by Crippen LogP contribution is 2.42. The molecule has 7 heteroatoms. The minimum atomic E-state index is -3.25. The summed E-state index contributed by atoms with van der Waals surface area (Å²) in [5, 5.41) is 0. The van der Waals surface area contributed by atoms with Gasteiger partial charge in [-0.15, -0.1) is 0 Å². The van der Waals surface area contributed by atoms with Crippen LogP contribution in [0.4, 0.5) is 4.39 Å². The van der Waals surface area contributed by atoms with Crippen LogP contribution in [0.15, 0.2) is 24.5 Å². The van der Waals surface area contributed by atoms with E-state index in [1.807, 2.05) is 12.1 Å². The van der Waals surface area contributed by atoms with E-state index in [2.05, 4.69) is 9.88 Å². The Morgan fingerprint density at radius 3 is 2.73 bits per heavy atom. The lowest BCUT2D eigenvalue weighted by Gasteiger charge is -2.41. The number of sulfonamides is 1. The number of aromatic nitrogens is 1. The van der Waals surface area contributed by atoms with E-state index < -0.39 is 21.6 Å². The average Bonchev–Trinajstić information content (AvgIpc) is 2.86. The van der Waals surface area contributed by atoms with Gasteiger partial charge in [0.25, 0.3) is 0 Å². The molecular formula is C15H22FN3O2S. The Kier molecular flexibility index (Phi) is 4.22. The zero-order valence-electron chi connectivity index (χ0n) is 12.8. The smallest absolute Gasteiger partial charge is 0.211 e. The summed E-state index contributed by atoms with van der Waals surface area (Å²) in [5.41, 5.74) is 0.604. The SMILES string of the molecule is CS(=O)(=O)N1CCC(F)C2(CCN(Cc3ccncc3)C2)C1. The molecule has 2 saturated heterocycles. The van der Waals surface area contributed by atoms with Crippen molar-refractivity contribution in [2.24, 2.45) is 5.41 Å². The van der Waals surface area contributed by atoms with Crippen molar-refractivity contribution in [1.82, 2.24) is 14.2 Å². The van der Waals surface area contributed by atoms with Crippen LogP contribution in [0.5, 0.6) is 0 Å². The summed E-state index contributed by atoms with van der Waals surface area (Å²) >= 11 is 0. The standard InChI is InChI=1S/C15H22FN3O2S/c1-22(20,21)19-8-4-14(16)15(12-19)5-9-18(11-15)10-13-2-6-17-7-3-13/h2-3,6-7,14H,4-5,8-12H2,1H3. The summed E-state index contributed by atoms with van der Waals surface area (Å²) in [6, 6.07) is 3.92. The van der Waals surface area contributed by atoms with E-state index in [9.17, 15) is 12.8 Å². The van der Waals surface area contributed by atoms with E-state index in [-0.39, 0.29) is 0 Å². The maximum Gasteiger partial charge on any atom is 0.211 e. The molecule has 3 heterocycles. The van der Waals surface area contributed by atoms with E-state index in [0.29, 0.717) is 32.5 Å². The van der Waals surface area contributed by atoms with Crippen LogP contribution in [0.25, 0.3) is 0 Å². The van der Waals surface area contributed by atoms with Crippen molar-refractivity contribution in [1.29, 1.82) is 0 Å². The van der Waals surface area contributed by atoms with Crippen LogP contribution < -0.4 is 0 Å². The van der Waals surface area contributed by atoms with Gasteiger partial charge in [-0.05, 0) is 37.1 Å². The number of hydrogen-bond acceptors (Lipinski definition) is 4. The predicted molar refractivity (Wildman–Crippen MR) is 82.5 cm³/mol. The Morgan fingerprint density at radius 2 is 2.05 bits per heavy atom. The lowest BCUT2D eigenvalue weighted by molar-refractivity contribution is 0.0417. The van der Waals surface area contributed by atoms with Gasteiger partial charge in [-0.25, -0.2) is 17.1 Å². The predicted octanol–water partition coefficient (Wildman–Crippen LogP) is 1.28. The first-order chi connectivity index (χ1) is 10.4. The molecule has 0 saturated carbocycles. The van der Waals surface area contributed by atoms with E-state index in [1.54, 1.807) is 12.4 Å². The van der Waals surface area contributed by atoms with E-state index in [4.69, 9.17) is 0 Å². The third-order valence-electron chi connectivity index (χ3n) is 4.88. The van der Waals surface area contributed by atoms with Crippen LogP contribution in [0.1, 0.15) is 18.4 Å². The molecule has 2 unspecified atom stereocenters. The Bertz CT molecular complexity index is 625. The van der Waals surface area contributed by atoms with Gasteiger partial charge >= 0.3 is 0 Å². The second-order valence-corrected chi connectivity index (χ2v) is 8.51. The van der Waals surface area contributed by atoms with Crippen molar-refractivity contribution in [3.8, 4) is 0 Å². The van der Waals surface area contributed by atoms with Crippen LogP contribution in [-0.4, -0.2) is 61.2 Å². The second kappa shape index (κ2) is 5.86. The first-order valence-corrected chi connectivity index (χ1v) is 9.44. The molecule has 1 aromatic rings. The van der Waals surface area contributed by atoms with Crippen LogP contribution in [0, 0.1) is 5.41 Å². The van der Waals surface area contributed by atoms with Crippen LogP contribution in [0.2, 0.25) is 0 Å². The Labute approximate surface area is 131 Å². The third kappa shape index (κ3) is 3.16. The maximum absolute atomic E-state index is 14.6. The fourth-order valence-corrected chi connectivity index (χ4v) is 4.55. The minimum Gasteiger partial charge on any atom is -0.298 e. The molecule has 0 aromatic carbocycles. The number of hydrogen-bond donors (Lipinski definition) is 0. The van der Waals surface area contributed by atoms with Crippen molar-refractivity contribution in [3.05, 3.63) is 30.1 Å². The van der Waals surface area contributed by atoms with E-state index in [0.717, 1.165) is 18.7 Å². The van der Waals surface area contributed by atoms with Gasteiger partial charge < -0.3 is 0 Å². The van der Waals surface area contributed by atoms with Crippen molar-refractivity contribution in [2.75, 3.05) is 32.4 Å². The zero-order valence-corrected chi connectivity index (χ0v) is 13.6. The molecule has 2 atom stereocenters. The van der Waals surface area contributed by atoms with Gasteiger partial charge in [-0.2, -0.15) is 0 Å². The average molecular weight is 327 g/mol. The lowest BCUT2D eigenvalue weighted by Crippen LogP contribution is -2.52. The quantitative estimate of drug-likeness (QED) is 0.839. The molecule has 3 rings (SSSR count). The molecule has 122 valence electrons. The highest BCUT2D eigenvalue weighted by Gasteiger charge is 2.49. The van der Waals surface area contributed by atoms with Crippen LogP contribution >= 0.6 is 0 Å². The molecule has 1 aromatic heterocycles. The number of rotatable bonds is 3. The Morgan fingerprint density at radius 1 is 1.32 bits per heavy atom. The molecule has 0 radical (unpaired) electrons. The Hall–Kier alpha value is -1.05. The van der Waals surface area contributed by atoms with Crippen LogP contribution in [0.3, 0.4) is 0 Å². The van der Waals surface area contributed by atoms with Gasteiger partial charge in [-0.1, -0.05) is 0 Å². The van der Waals surface area contributed by atoms with Gasteiger partial charge in [0, 0.05) is 44.0 Å². The molecule has 2 fully saturated rings. The second-order valence-electron chi connectivity index (χ2n) is 6.53. The Balaban J connectivity index is 1.71. The molecule has 1 spiro atoms. The molecule has 0 amide bonds. The van der Waals surface area contributed by atoms with Crippen molar-refractivity contribution < 1.29 is 12.8 Å². The number of alkyl halides is 1. The molecule has 0 bridgehead atoms. The monoisotopic (exact) mass is 327 g/mol. The van der Waals surface area contributed by atoms with Gasteiger partial charge in [0.1, 0.15) is 6.17 Å². The topological polar surface area (TPSA) is 53.5 Å².